The number of aliphatic hydroxyl groups excluding tert-OH is 2. The molecule has 0 unspecified atom stereocenters. The maximum Gasteiger partial charge on any atom is 0.225 e. The summed E-state index contributed by atoms with van der Waals surface area (Å²) in [6, 6.07) is 8.20. The Morgan fingerprint density at radius 2 is 1.89 bits per heavy atom. The smallest absolute Gasteiger partial charge is 0.225 e. The zero-order chi connectivity index (χ0) is 19.6. The Balaban J connectivity index is 1.87. The van der Waals surface area contributed by atoms with Crippen LogP contribution in [0, 0.1) is 0 Å². The molecule has 0 amide bonds. The summed E-state index contributed by atoms with van der Waals surface area (Å²) in [5, 5.41) is 22.3. The van der Waals surface area contributed by atoms with E-state index in [1.807, 2.05) is 13.0 Å². The van der Waals surface area contributed by atoms with Crippen LogP contribution in [-0.2, 0) is 13.0 Å². The Morgan fingerprint density at radius 3 is 2.56 bits per heavy atom. The molecule has 1 aliphatic rings. The van der Waals surface area contributed by atoms with Gasteiger partial charge in [0.25, 0.3) is 0 Å². The molecule has 2 atom stereocenters. The summed E-state index contributed by atoms with van der Waals surface area (Å²) in [6.07, 6.45) is 0.484. The molecule has 27 heavy (non-hydrogen) atoms. The summed E-state index contributed by atoms with van der Waals surface area (Å²) in [6.45, 7) is 9.64. The molecule has 6 nitrogen and oxygen atoms in total. The normalized spacial score (nSPS) is 16.2. The quantitative estimate of drug-likeness (QED) is 0.725. The van der Waals surface area contributed by atoms with Crippen LogP contribution in [0.1, 0.15) is 62.1 Å². The Hall–Kier alpha value is -2.18. The van der Waals surface area contributed by atoms with Gasteiger partial charge in [-0.25, -0.2) is 4.98 Å². The molecule has 3 N–H and O–H groups in total. The summed E-state index contributed by atoms with van der Waals surface area (Å²) in [4.78, 5) is 11.6. The maximum atomic E-state index is 9.81. The first-order valence-corrected chi connectivity index (χ1v) is 9.68. The van der Waals surface area contributed by atoms with Gasteiger partial charge in [0.05, 0.1) is 18.4 Å². The first-order valence-electron chi connectivity index (χ1n) is 9.68. The van der Waals surface area contributed by atoms with Crippen LogP contribution in [0.25, 0.3) is 0 Å². The highest BCUT2D eigenvalue weighted by Crippen LogP contribution is 2.28. The van der Waals surface area contributed by atoms with Crippen molar-refractivity contribution in [1.29, 1.82) is 0 Å². The summed E-state index contributed by atoms with van der Waals surface area (Å²) in [5.74, 6) is 1.77. The number of aromatic nitrogens is 2. The Bertz CT molecular complexity index is 792. The fourth-order valence-electron chi connectivity index (χ4n) is 3.27. The molecule has 0 spiro atoms. The summed E-state index contributed by atoms with van der Waals surface area (Å²) in [7, 11) is 0. The van der Waals surface area contributed by atoms with Crippen LogP contribution in [0.5, 0.6) is 0 Å². The van der Waals surface area contributed by atoms with E-state index >= 15 is 0 Å². The van der Waals surface area contributed by atoms with E-state index in [1.54, 1.807) is 6.92 Å². The van der Waals surface area contributed by atoms with Crippen molar-refractivity contribution in [2.24, 2.45) is 0 Å². The van der Waals surface area contributed by atoms with Crippen molar-refractivity contribution in [2.75, 3.05) is 23.4 Å². The number of hydrogen-bond donors (Lipinski definition) is 3. The highest BCUT2D eigenvalue weighted by atomic mass is 16.3. The zero-order valence-electron chi connectivity index (χ0n) is 16.6. The van der Waals surface area contributed by atoms with Crippen LogP contribution in [0.2, 0.25) is 0 Å². The SMILES string of the molecule is CC(C)c1cc(N2CCc3cc([C@@H](C)O)ccc3C2)nc(N[C@@H](C)CO)n1. The van der Waals surface area contributed by atoms with Gasteiger partial charge in [-0.1, -0.05) is 32.0 Å². The van der Waals surface area contributed by atoms with E-state index in [1.165, 1.54) is 11.1 Å². The molecule has 6 heteroatoms. The Kier molecular flexibility index (Phi) is 5.97. The van der Waals surface area contributed by atoms with E-state index in [-0.39, 0.29) is 12.6 Å². The van der Waals surface area contributed by atoms with E-state index in [4.69, 9.17) is 4.98 Å². The topological polar surface area (TPSA) is 81.5 Å². The van der Waals surface area contributed by atoms with Crippen molar-refractivity contribution in [3.8, 4) is 0 Å². The number of nitrogens with one attached hydrogen (secondary N) is 1. The molecule has 2 heterocycles. The molecule has 3 rings (SSSR count). The van der Waals surface area contributed by atoms with Crippen LogP contribution in [0.4, 0.5) is 11.8 Å². The number of rotatable bonds is 6. The molecule has 1 aromatic carbocycles. The van der Waals surface area contributed by atoms with E-state index in [2.05, 4.69) is 47.2 Å². The molecule has 0 radical (unpaired) electrons. The standard InChI is InChI=1S/C21H30N4O2/c1-13(2)19-10-20(24-21(23-19)22-14(3)12-26)25-8-7-17-9-16(15(4)27)5-6-18(17)11-25/h5-6,9-10,13-15,26-27H,7-8,11-12H2,1-4H3,(H,22,23,24)/t14-,15+/m0/s1. The van der Waals surface area contributed by atoms with Crippen LogP contribution in [0.15, 0.2) is 24.3 Å². The second-order valence-corrected chi connectivity index (χ2v) is 7.73. The summed E-state index contributed by atoms with van der Waals surface area (Å²) in [5.41, 5.74) is 4.53. The van der Waals surface area contributed by atoms with Crippen molar-refractivity contribution in [1.82, 2.24) is 9.97 Å². The third-order valence-corrected chi connectivity index (χ3v) is 5.02. The molecule has 1 aromatic heterocycles. The molecule has 146 valence electrons. The van der Waals surface area contributed by atoms with E-state index in [9.17, 15) is 10.2 Å². The van der Waals surface area contributed by atoms with Crippen LogP contribution < -0.4 is 10.2 Å². The van der Waals surface area contributed by atoms with Crippen molar-refractivity contribution in [3.63, 3.8) is 0 Å². The van der Waals surface area contributed by atoms with Crippen LogP contribution in [-0.4, -0.2) is 39.4 Å². The lowest BCUT2D eigenvalue weighted by Crippen LogP contribution is -2.32. The minimum absolute atomic E-state index is 0.0350. The zero-order valence-corrected chi connectivity index (χ0v) is 16.6. The Morgan fingerprint density at radius 1 is 1.11 bits per heavy atom. The maximum absolute atomic E-state index is 9.81. The van der Waals surface area contributed by atoms with E-state index in [0.717, 1.165) is 36.6 Å². The monoisotopic (exact) mass is 370 g/mol. The Labute approximate surface area is 161 Å². The molecule has 1 aliphatic heterocycles. The molecule has 0 aliphatic carbocycles. The highest BCUT2D eigenvalue weighted by molar-refractivity contribution is 5.49. The third kappa shape index (κ3) is 4.57. The second kappa shape index (κ2) is 8.23. The average Bonchev–Trinajstić information content (AvgIpc) is 2.66. The van der Waals surface area contributed by atoms with Gasteiger partial charge in [-0.2, -0.15) is 4.98 Å². The molecular weight excluding hydrogens is 340 g/mol. The number of aliphatic hydroxyl groups is 2. The minimum Gasteiger partial charge on any atom is -0.394 e. The summed E-state index contributed by atoms with van der Waals surface area (Å²) >= 11 is 0. The fraction of sp³-hybridized carbons (Fsp3) is 0.524. The predicted octanol–water partition coefficient (Wildman–Crippen LogP) is 3.01. The van der Waals surface area contributed by atoms with Gasteiger partial charge in [0.2, 0.25) is 5.95 Å². The van der Waals surface area contributed by atoms with Crippen LogP contribution >= 0.6 is 0 Å². The average molecular weight is 370 g/mol. The number of hydrogen-bond acceptors (Lipinski definition) is 6. The van der Waals surface area contributed by atoms with Crippen molar-refractivity contribution in [3.05, 3.63) is 46.6 Å². The lowest BCUT2D eigenvalue weighted by Gasteiger charge is -2.31. The number of anilines is 2. The van der Waals surface area contributed by atoms with Crippen LogP contribution in [0.3, 0.4) is 0 Å². The fourth-order valence-corrected chi connectivity index (χ4v) is 3.27. The van der Waals surface area contributed by atoms with Gasteiger partial charge in [0, 0.05) is 25.2 Å². The molecule has 2 aromatic rings. The summed E-state index contributed by atoms with van der Waals surface area (Å²) < 4.78 is 0. The van der Waals surface area contributed by atoms with Gasteiger partial charge in [-0.3, -0.25) is 0 Å². The molecule has 0 saturated heterocycles. The number of nitrogens with zero attached hydrogens (tertiary/aromatic N) is 3. The third-order valence-electron chi connectivity index (χ3n) is 5.02. The molecule has 0 saturated carbocycles. The van der Waals surface area contributed by atoms with Crippen molar-refractivity contribution in [2.45, 2.75) is 58.7 Å². The second-order valence-electron chi connectivity index (χ2n) is 7.73. The van der Waals surface area contributed by atoms with Crippen molar-refractivity contribution >= 4 is 11.8 Å². The molecule has 0 fully saturated rings. The van der Waals surface area contributed by atoms with Gasteiger partial charge in [-0.05, 0) is 42.9 Å². The largest absolute Gasteiger partial charge is 0.394 e. The van der Waals surface area contributed by atoms with E-state index < -0.39 is 6.10 Å². The van der Waals surface area contributed by atoms with Gasteiger partial charge >= 0.3 is 0 Å². The number of fused-ring (bicyclic) bond motifs is 1. The minimum atomic E-state index is -0.439. The molecular formula is C21H30N4O2. The highest BCUT2D eigenvalue weighted by Gasteiger charge is 2.20. The van der Waals surface area contributed by atoms with Gasteiger partial charge in [0.1, 0.15) is 5.82 Å². The number of benzene rings is 1. The predicted molar refractivity (Wildman–Crippen MR) is 108 cm³/mol. The lowest BCUT2D eigenvalue weighted by atomic mass is 9.95. The van der Waals surface area contributed by atoms with E-state index in [0.29, 0.717) is 11.9 Å². The molecule has 0 bridgehead atoms. The first kappa shape index (κ1) is 19.6. The van der Waals surface area contributed by atoms with Gasteiger partial charge in [-0.15, -0.1) is 0 Å². The van der Waals surface area contributed by atoms with Gasteiger partial charge in [0.15, 0.2) is 0 Å². The van der Waals surface area contributed by atoms with Crippen molar-refractivity contribution < 1.29 is 10.2 Å². The lowest BCUT2D eigenvalue weighted by molar-refractivity contribution is 0.199. The van der Waals surface area contributed by atoms with Gasteiger partial charge < -0.3 is 20.4 Å². The first-order chi connectivity index (χ1) is 12.9.